The summed E-state index contributed by atoms with van der Waals surface area (Å²) in [4.78, 5) is 4.62. The highest BCUT2D eigenvalue weighted by atomic mass is 19.1. The highest BCUT2D eigenvalue weighted by molar-refractivity contribution is 5.51. The second kappa shape index (κ2) is 8.32. The van der Waals surface area contributed by atoms with Gasteiger partial charge < -0.3 is 14.7 Å². The fourth-order valence-electron chi connectivity index (χ4n) is 3.25. The van der Waals surface area contributed by atoms with Gasteiger partial charge in [0.1, 0.15) is 11.6 Å². The molecule has 1 atom stereocenters. The van der Waals surface area contributed by atoms with Gasteiger partial charge in [-0.3, -0.25) is 4.90 Å². The number of methoxy groups -OCH3 is 1. The van der Waals surface area contributed by atoms with Crippen molar-refractivity contribution in [2.75, 3.05) is 44.7 Å². The minimum atomic E-state index is -0.436. The standard InChI is InChI=1S/C20H25FN2O2/c1-25-20-4-2-3-18(14-20)23-11-9-22(10-12-23)15-19(24)13-16-5-7-17(21)8-6-16/h2-8,14,19,24H,9-13,15H2,1H3/t19-/m1/s1. The Balaban J connectivity index is 1.47. The summed E-state index contributed by atoms with van der Waals surface area (Å²) in [6.07, 6.45) is 0.116. The van der Waals surface area contributed by atoms with Crippen LogP contribution in [-0.4, -0.2) is 55.9 Å². The van der Waals surface area contributed by atoms with E-state index in [1.54, 1.807) is 19.2 Å². The lowest BCUT2D eigenvalue weighted by molar-refractivity contribution is 0.109. The maximum absolute atomic E-state index is 12.9. The van der Waals surface area contributed by atoms with Gasteiger partial charge in [0.15, 0.2) is 0 Å². The summed E-state index contributed by atoms with van der Waals surface area (Å²) in [6.45, 7) is 4.32. The first-order valence-corrected chi connectivity index (χ1v) is 8.68. The van der Waals surface area contributed by atoms with Gasteiger partial charge in [-0.2, -0.15) is 0 Å². The minimum Gasteiger partial charge on any atom is -0.497 e. The maximum Gasteiger partial charge on any atom is 0.123 e. The zero-order valence-electron chi connectivity index (χ0n) is 14.6. The molecule has 1 heterocycles. The molecule has 0 amide bonds. The Labute approximate surface area is 148 Å². The van der Waals surface area contributed by atoms with E-state index >= 15 is 0 Å². The summed E-state index contributed by atoms with van der Waals surface area (Å²) in [5, 5.41) is 10.3. The fraction of sp³-hybridized carbons (Fsp3) is 0.400. The zero-order valence-corrected chi connectivity index (χ0v) is 14.6. The molecule has 0 aliphatic carbocycles. The molecular formula is C20H25FN2O2. The molecule has 4 nitrogen and oxygen atoms in total. The predicted molar refractivity (Wildman–Crippen MR) is 97.8 cm³/mol. The first kappa shape index (κ1) is 17.7. The summed E-state index contributed by atoms with van der Waals surface area (Å²) >= 11 is 0. The van der Waals surface area contributed by atoms with E-state index in [1.165, 1.54) is 17.8 Å². The largest absolute Gasteiger partial charge is 0.497 e. The molecule has 134 valence electrons. The van der Waals surface area contributed by atoms with Crippen molar-refractivity contribution in [2.45, 2.75) is 12.5 Å². The molecule has 1 N–H and O–H groups in total. The average Bonchev–Trinajstić information content (AvgIpc) is 2.64. The number of aliphatic hydroxyl groups excluding tert-OH is 1. The van der Waals surface area contributed by atoms with Crippen LogP contribution in [0.1, 0.15) is 5.56 Å². The van der Waals surface area contributed by atoms with Gasteiger partial charge in [-0.15, -0.1) is 0 Å². The normalized spacial score (nSPS) is 16.7. The van der Waals surface area contributed by atoms with Crippen LogP contribution in [0.3, 0.4) is 0 Å². The van der Waals surface area contributed by atoms with Crippen LogP contribution in [0, 0.1) is 5.82 Å². The lowest BCUT2D eigenvalue weighted by atomic mass is 10.1. The van der Waals surface area contributed by atoms with E-state index in [4.69, 9.17) is 4.74 Å². The second-order valence-corrected chi connectivity index (χ2v) is 6.47. The second-order valence-electron chi connectivity index (χ2n) is 6.47. The van der Waals surface area contributed by atoms with Crippen LogP contribution >= 0.6 is 0 Å². The molecule has 0 aromatic heterocycles. The van der Waals surface area contributed by atoms with Gasteiger partial charge in [0.2, 0.25) is 0 Å². The van der Waals surface area contributed by atoms with Crippen molar-refractivity contribution in [1.82, 2.24) is 4.90 Å². The number of ether oxygens (including phenoxy) is 1. The summed E-state index contributed by atoms with van der Waals surface area (Å²) in [5.74, 6) is 0.626. The van der Waals surface area contributed by atoms with E-state index in [9.17, 15) is 9.50 Å². The number of β-amino-alcohol motifs (C(OH)–C–C–N with tert-alkyl or cyclic N) is 1. The molecule has 0 spiro atoms. The first-order chi connectivity index (χ1) is 12.1. The van der Waals surface area contributed by atoms with Crippen LogP contribution in [0.25, 0.3) is 0 Å². The number of rotatable bonds is 6. The van der Waals surface area contributed by atoms with E-state index in [0.717, 1.165) is 37.5 Å². The van der Waals surface area contributed by atoms with Crippen molar-refractivity contribution >= 4 is 5.69 Å². The van der Waals surface area contributed by atoms with Crippen molar-refractivity contribution in [3.63, 3.8) is 0 Å². The topological polar surface area (TPSA) is 35.9 Å². The Morgan fingerprint density at radius 3 is 2.48 bits per heavy atom. The minimum absolute atomic E-state index is 0.244. The van der Waals surface area contributed by atoms with E-state index in [0.29, 0.717) is 13.0 Å². The summed E-state index contributed by atoms with van der Waals surface area (Å²) in [6, 6.07) is 14.5. The molecule has 1 aliphatic heterocycles. The van der Waals surface area contributed by atoms with Crippen LogP contribution in [0.5, 0.6) is 5.75 Å². The van der Waals surface area contributed by atoms with Crippen LogP contribution in [0.15, 0.2) is 48.5 Å². The molecule has 25 heavy (non-hydrogen) atoms. The quantitative estimate of drug-likeness (QED) is 0.874. The molecule has 1 saturated heterocycles. The van der Waals surface area contributed by atoms with Crippen LogP contribution in [-0.2, 0) is 6.42 Å². The molecule has 0 unspecified atom stereocenters. The molecule has 3 rings (SSSR count). The number of benzene rings is 2. The molecule has 0 radical (unpaired) electrons. The SMILES string of the molecule is COc1cccc(N2CCN(C[C@H](O)Cc3ccc(F)cc3)CC2)c1. The van der Waals surface area contributed by atoms with Crippen LogP contribution in [0.2, 0.25) is 0 Å². The van der Waals surface area contributed by atoms with Crippen LogP contribution < -0.4 is 9.64 Å². The summed E-state index contributed by atoms with van der Waals surface area (Å²) < 4.78 is 18.2. The third kappa shape index (κ3) is 4.94. The molecule has 0 bridgehead atoms. The van der Waals surface area contributed by atoms with E-state index in [-0.39, 0.29) is 5.82 Å². The first-order valence-electron chi connectivity index (χ1n) is 8.68. The Morgan fingerprint density at radius 2 is 1.80 bits per heavy atom. The van der Waals surface area contributed by atoms with Crippen molar-refractivity contribution in [1.29, 1.82) is 0 Å². The van der Waals surface area contributed by atoms with Crippen molar-refractivity contribution in [3.8, 4) is 5.75 Å². The van der Waals surface area contributed by atoms with E-state index in [1.807, 2.05) is 12.1 Å². The summed E-state index contributed by atoms with van der Waals surface area (Å²) in [7, 11) is 1.68. The van der Waals surface area contributed by atoms with Crippen molar-refractivity contribution in [2.24, 2.45) is 0 Å². The Hall–Kier alpha value is -2.11. The van der Waals surface area contributed by atoms with Gasteiger partial charge in [0.25, 0.3) is 0 Å². The van der Waals surface area contributed by atoms with Crippen molar-refractivity contribution < 1.29 is 14.2 Å². The van der Waals surface area contributed by atoms with Gasteiger partial charge in [0.05, 0.1) is 13.2 Å². The lowest BCUT2D eigenvalue weighted by Crippen LogP contribution is -2.48. The number of hydrogen-bond acceptors (Lipinski definition) is 4. The van der Waals surface area contributed by atoms with Gasteiger partial charge in [-0.25, -0.2) is 4.39 Å². The lowest BCUT2D eigenvalue weighted by Gasteiger charge is -2.37. The monoisotopic (exact) mass is 344 g/mol. The number of aliphatic hydroxyl groups is 1. The number of anilines is 1. The van der Waals surface area contributed by atoms with E-state index in [2.05, 4.69) is 21.9 Å². The molecule has 2 aromatic rings. The van der Waals surface area contributed by atoms with E-state index < -0.39 is 6.10 Å². The fourth-order valence-corrected chi connectivity index (χ4v) is 3.25. The maximum atomic E-state index is 12.9. The Bertz CT molecular complexity index is 670. The number of piperazine rings is 1. The van der Waals surface area contributed by atoms with Gasteiger partial charge in [0, 0.05) is 44.5 Å². The molecule has 5 heteroatoms. The highest BCUT2D eigenvalue weighted by Crippen LogP contribution is 2.22. The number of nitrogens with zero attached hydrogens (tertiary/aromatic N) is 2. The molecule has 0 saturated carbocycles. The smallest absolute Gasteiger partial charge is 0.123 e. The van der Waals surface area contributed by atoms with Gasteiger partial charge in [-0.1, -0.05) is 18.2 Å². The zero-order chi connectivity index (χ0) is 17.6. The predicted octanol–water partition coefficient (Wildman–Crippen LogP) is 2.56. The summed E-state index contributed by atoms with van der Waals surface area (Å²) in [5.41, 5.74) is 2.13. The number of hydrogen-bond donors (Lipinski definition) is 1. The van der Waals surface area contributed by atoms with Gasteiger partial charge in [-0.05, 0) is 36.2 Å². The highest BCUT2D eigenvalue weighted by Gasteiger charge is 2.20. The Morgan fingerprint density at radius 1 is 1.08 bits per heavy atom. The molecule has 1 aliphatic rings. The third-order valence-electron chi connectivity index (χ3n) is 4.64. The number of halogens is 1. The molecule has 1 fully saturated rings. The Kier molecular flexibility index (Phi) is 5.89. The molecular weight excluding hydrogens is 319 g/mol. The van der Waals surface area contributed by atoms with Gasteiger partial charge >= 0.3 is 0 Å². The third-order valence-corrected chi connectivity index (χ3v) is 4.64. The van der Waals surface area contributed by atoms with Crippen LogP contribution in [0.4, 0.5) is 10.1 Å². The average molecular weight is 344 g/mol. The van der Waals surface area contributed by atoms with Crippen molar-refractivity contribution in [3.05, 3.63) is 59.9 Å². The molecule has 2 aromatic carbocycles.